The lowest BCUT2D eigenvalue weighted by Crippen LogP contribution is -2.32. The molecule has 0 fully saturated rings. The molecule has 0 aliphatic heterocycles. The summed E-state index contributed by atoms with van der Waals surface area (Å²) in [6.45, 7) is 5.21. The lowest BCUT2D eigenvalue weighted by Gasteiger charge is -2.11. The van der Waals surface area contributed by atoms with Gasteiger partial charge in [0.15, 0.2) is 10.6 Å². The van der Waals surface area contributed by atoms with E-state index in [-0.39, 0.29) is 4.90 Å². The molecule has 0 saturated heterocycles. The smallest absolute Gasteiger partial charge is 0.268 e. The second kappa shape index (κ2) is 5.13. The van der Waals surface area contributed by atoms with Crippen LogP contribution in [-0.4, -0.2) is 8.42 Å². The van der Waals surface area contributed by atoms with Crippen molar-refractivity contribution in [1.82, 2.24) is 0 Å². The highest BCUT2D eigenvalue weighted by molar-refractivity contribution is 7.92. The molecule has 2 rings (SSSR count). The fraction of sp³-hybridized carbons (Fsp3) is 0.214. The van der Waals surface area contributed by atoms with Gasteiger partial charge in [-0.25, -0.2) is 8.42 Å². The van der Waals surface area contributed by atoms with Gasteiger partial charge in [-0.05, 0) is 31.5 Å². The predicted molar refractivity (Wildman–Crippen MR) is 76.9 cm³/mol. The van der Waals surface area contributed by atoms with Crippen LogP contribution in [0.1, 0.15) is 16.8 Å². The molecule has 1 heterocycles. The summed E-state index contributed by atoms with van der Waals surface area (Å²) in [4.78, 5) is -0.0151. The van der Waals surface area contributed by atoms with Gasteiger partial charge in [0.2, 0.25) is 6.20 Å². The first kappa shape index (κ1) is 14.3. The molecule has 20 heavy (non-hydrogen) atoms. The molecule has 0 unspecified atom stereocenters. The number of nitrogens with one attached hydrogen (secondary N) is 1. The van der Waals surface area contributed by atoms with Crippen LogP contribution in [0.5, 0.6) is 0 Å². The van der Waals surface area contributed by atoms with Gasteiger partial charge in [0.25, 0.3) is 10.0 Å². The lowest BCUT2D eigenvalue weighted by atomic mass is 10.2. The van der Waals surface area contributed by atoms with Gasteiger partial charge < -0.3 is 5.21 Å². The zero-order valence-electron chi connectivity index (χ0n) is 11.5. The van der Waals surface area contributed by atoms with E-state index in [1.54, 1.807) is 32.0 Å². The number of anilines is 1. The lowest BCUT2D eigenvalue weighted by molar-refractivity contribution is -0.614. The van der Waals surface area contributed by atoms with E-state index in [2.05, 4.69) is 4.72 Å². The van der Waals surface area contributed by atoms with Crippen molar-refractivity contribution < 1.29 is 13.1 Å². The molecule has 0 amide bonds. The van der Waals surface area contributed by atoms with Crippen molar-refractivity contribution in [2.45, 2.75) is 25.7 Å². The van der Waals surface area contributed by atoms with Gasteiger partial charge >= 0.3 is 0 Å². The summed E-state index contributed by atoms with van der Waals surface area (Å²) in [5.41, 5.74) is 2.50. The summed E-state index contributed by atoms with van der Waals surface area (Å²) in [5, 5.41) is 11.6. The monoisotopic (exact) mass is 292 g/mol. The molecular formula is C14H16N2O3S. The number of aromatic nitrogens is 1. The van der Waals surface area contributed by atoms with Crippen molar-refractivity contribution in [3.8, 4) is 0 Å². The number of hydrogen-bond acceptors (Lipinski definition) is 3. The summed E-state index contributed by atoms with van der Waals surface area (Å²) in [6, 6.07) is 8.54. The Kier molecular flexibility index (Phi) is 3.67. The summed E-state index contributed by atoms with van der Waals surface area (Å²) >= 11 is 0. The van der Waals surface area contributed by atoms with Crippen LogP contribution in [0.3, 0.4) is 0 Å². The van der Waals surface area contributed by atoms with Crippen LogP contribution in [0, 0.1) is 26.0 Å². The Bertz CT molecular complexity index is 738. The third-order valence-corrected chi connectivity index (χ3v) is 4.50. The van der Waals surface area contributed by atoms with E-state index < -0.39 is 10.0 Å². The molecule has 0 aliphatic carbocycles. The Morgan fingerprint density at radius 2 is 1.70 bits per heavy atom. The van der Waals surface area contributed by atoms with Crippen molar-refractivity contribution in [1.29, 1.82) is 0 Å². The largest absolute Gasteiger partial charge is 0.618 e. The Morgan fingerprint density at radius 1 is 1.10 bits per heavy atom. The fourth-order valence-electron chi connectivity index (χ4n) is 1.87. The summed E-state index contributed by atoms with van der Waals surface area (Å²) in [6.07, 6.45) is 1.08. The quantitative estimate of drug-likeness (QED) is 0.695. The molecule has 6 heteroatoms. The van der Waals surface area contributed by atoms with Gasteiger partial charge in [-0.3, -0.25) is 4.72 Å². The molecule has 0 atom stereocenters. The van der Waals surface area contributed by atoms with Gasteiger partial charge in [-0.15, -0.1) is 0 Å². The second-order valence-corrected chi connectivity index (χ2v) is 6.41. The SMILES string of the molecule is Cc1ccc(NS(=O)(=O)c2c[n+]([O-])c(C)cc2C)cc1. The van der Waals surface area contributed by atoms with E-state index in [0.717, 1.165) is 11.8 Å². The third kappa shape index (κ3) is 2.91. The standard InChI is InChI=1S/C14H16N2O3S/c1-10-4-6-13(7-5-10)15-20(18,19)14-9-16(17)12(3)8-11(14)2/h4-9,15H,1-3H3. The Hall–Kier alpha value is -2.08. The minimum atomic E-state index is -3.77. The average molecular weight is 292 g/mol. The number of sulfonamides is 1. The van der Waals surface area contributed by atoms with E-state index in [9.17, 15) is 13.6 Å². The molecule has 1 N–H and O–H groups in total. The first-order valence-corrected chi connectivity index (χ1v) is 7.58. The van der Waals surface area contributed by atoms with Gasteiger partial charge in [-0.1, -0.05) is 17.7 Å². The topological polar surface area (TPSA) is 73.1 Å². The molecular weight excluding hydrogens is 276 g/mol. The van der Waals surface area contributed by atoms with Crippen molar-refractivity contribution in [2.75, 3.05) is 4.72 Å². The first-order valence-electron chi connectivity index (χ1n) is 6.09. The van der Waals surface area contributed by atoms with Crippen LogP contribution in [0.15, 0.2) is 41.4 Å². The highest BCUT2D eigenvalue weighted by atomic mass is 32.2. The number of benzene rings is 1. The van der Waals surface area contributed by atoms with Crippen LogP contribution in [-0.2, 0) is 10.0 Å². The number of rotatable bonds is 3. The Balaban J connectivity index is 2.40. The highest BCUT2D eigenvalue weighted by Crippen LogP contribution is 2.18. The highest BCUT2D eigenvalue weighted by Gasteiger charge is 2.21. The van der Waals surface area contributed by atoms with Crippen molar-refractivity contribution >= 4 is 15.7 Å². The first-order chi connectivity index (χ1) is 9.29. The number of pyridine rings is 1. The Labute approximate surface area is 118 Å². The molecule has 0 radical (unpaired) electrons. The van der Waals surface area contributed by atoms with E-state index in [1.807, 2.05) is 19.1 Å². The van der Waals surface area contributed by atoms with E-state index in [1.165, 1.54) is 0 Å². The molecule has 106 valence electrons. The minimum absolute atomic E-state index is 0.0151. The van der Waals surface area contributed by atoms with Gasteiger partial charge in [-0.2, -0.15) is 4.73 Å². The number of hydrogen-bond donors (Lipinski definition) is 1. The molecule has 1 aromatic carbocycles. The maximum atomic E-state index is 12.3. The number of aryl methyl sites for hydroxylation is 3. The Morgan fingerprint density at radius 3 is 2.30 bits per heavy atom. The van der Waals surface area contributed by atoms with Crippen LogP contribution >= 0.6 is 0 Å². The molecule has 5 nitrogen and oxygen atoms in total. The molecule has 1 aromatic heterocycles. The second-order valence-electron chi connectivity index (χ2n) is 4.76. The number of nitrogens with zero attached hydrogens (tertiary/aromatic N) is 1. The summed E-state index contributed by atoms with van der Waals surface area (Å²) in [7, 11) is -3.77. The normalized spacial score (nSPS) is 11.3. The van der Waals surface area contributed by atoms with Gasteiger partial charge in [0, 0.05) is 18.7 Å². The zero-order chi connectivity index (χ0) is 14.9. The maximum absolute atomic E-state index is 12.3. The third-order valence-electron chi connectivity index (χ3n) is 2.99. The summed E-state index contributed by atoms with van der Waals surface area (Å²) in [5.74, 6) is 0. The minimum Gasteiger partial charge on any atom is -0.618 e. The maximum Gasteiger partial charge on any atom is 0.268 e. The van der Waals surface area contributed by atoms with E-state index in [0.29, 0.717) is 21.7 Å². The molecule has 0 bridgehead atoms. The molecule has 0 aliphatic rings. The molecule has 0 saturated carbocycles. The van der Waals surface area contributed by atoms with Gasteiger partial charge in [0.05, 0.1) is 0 Å². The predicted octanol–water partition coefficient (Wildman–Crippen LogP) is 2.05. The average Bonchev–Trinajstić information content (AvgIpc) is 2.36. The van der Waals surface area contributed by atoms with Crippen molar-refractivity contribution in [3.05, 3.63) is 58.6 Å². The van der Waals surface area contributed by atoms with E-state index in [4.69, 9.17) is 0 Å². The van der Waals surface area contributed by atoms with Crippen LogP contribution in [0.4, 0.5) is 5.69 Å². The van der Waals surface area contributed by atoms with Gasteiger partial charge in [0.1, 0.15) is 0 Å². The summed E-state index contributed by atoms with van der Waals surface area (Å²) < 4.78 is 27.6. The molecule has 2 aromatic rings. The zero-order valence-corrected chi connectivity index (χ0v) is 12.4. The van der Waals surface area contributed by atoms with Crippen molar-refractivity contribution in [2.24, 2.45) is 0 Å². The molecule has 0 spiro atoms. The fourth-order valence-corrected chi connectivity index (χ4v) is 3.14. The van der Waals surface area contributed by atoms with Crippen LogP contribution in [0.2, 0.25) is 0 Å². The van der Waals surface area contributed by atoms with Crippen LogP contribution in [0.25, 0.3) is 0 Å². The van der Waals surface area contributed by atoms with Crippen molar-refractivity contribution in [3.63, 3.8) is 0 Å². The van der Waals surface area contributed by atoms with E-state index >= 15 is 0 Å². The van der Waals surface area contributed by atoms with Crippen LogP contribution < -0.4 is 9.45 Å².